The van der Waals surface area contributed by atoms with E-state index in [0.29, 0.717) is 22.8 Å². The van der Waals surface area contributed by atoms with Gasteiger partial charge in [-0.2, -0.15) is 21.6 Å². The van der Waals surface area contributed by atoms with E-state index in [1.807, 2.05) is 6.92 Å². The van der Waals surface area contributed by atoms with Crippen molar-refractivity contribution in [2.75, 3.05) is 6.61 Å². The van der Waals surface area contributed by atoms with Crippen LogP contribution in [0.4, 0.5) is 0 Å². The number of thiophene rings is 1. The number of rotatable bonds is 9. The Bertz CT molecular complexity index is 780. The van der Waals surface area contributed by atoms with Crippen LogP contribution in [-0.2, 0) is 49.6 Å². The third-order valence-electron chi connectivity index (χ3n) is 2.36. The molecule has 0 bridgehead atoms. The maximum absolute atomic E-state index is 11.4. The second-order valence-electron chi connectivity index (χ2n) is 4.15. The Morgan fingerprint density at radius 1 is 1.30 bits per heavy atom. The summed E-state index contributed by atoms with van der Waals surface area (Å²) < 4.78 is 72.5. The number of nitrogens with one attached hydrogen (secondary N) is 1. The molecule has 132 valence electrons. The van der Waals surface area contributed by atoms with Gasteiger partial charge in [-0.3, -0.25) is 9.00 Å². The van der Waals surface area contributed by atoms with Crippen LogP contribution in [0.5, 0.6) is 0 Å². The smallest absolute Gasteiger partial charge is 0.334 e. The molecule has 1 unspecified atom stereocenters. The molecule has 1 N–H and O–H groups in total. The molecule has 0 amide bonds. The first-order valence-corrected chi connectivity index (χ1v) is 12.1. The molecule has 0 aliphatic rings. The highest BCUT2D eigenvalue weighted by molar-refractivity contribution is 8.96. The molecular formula is C10H14NO8S4-. The normalized spacial score (nSPS) is 13.7. The van der Waals surface area contributed by atoms with E-state index >= 15 is 0 Å². The summed E-state index contributed by atoms with van der Waals surface area (Å²) >= 11 is 1.08. The number of esters is 1. The Kier molecular flexibility index (Phi) is 7.29. The summed E-state index contributed by atoms with van der Waals surface area (Å²) in [6.07, 6.45) is 0.707. The molecule has 0 saturated heterocycles. The summed E-state index contributed by atoms with van der Waals surface area (Å²) in [6, 6.07) is 3.07. The van der Waals surface area contributed by atoms with Crippen molar-refractivity contribution >= 4 is 44.4 Å². The summed E-state index contributed by atoms with van der Waals surface area (Å²) in [6.45, 7) is 1.75. The van der Waals surface area contributed by atoms with Gasteiger partial charge in [-0.05, 0) is 18.6 Å². The Balaban J connectivity index is 2.67. The fourth-order valence-electron chi connectivity index (χ4n) is 1.33. The lowest BCUT2D eigenvalue weighted by Crippen LogP contribution is -2.32. The third-order valence-corrected chi connectivity index (χ3v) is 10.4. The summed E-state index contributed by atoms with van der Waals surface area (Å²) in [5.41, 5.74) is 0. The van der Waals surface area contributed by atoms with Crippen molar-refractivity contribution in [1.29, 1.82) is 0 Å². The summed E-state index contributed by atoms with van der Waals surface area (Å²) in [7, 11) is -14.2. The standard InChI is InChI=1S/C10H15NO8S4/c1-2-5-19-10(12)6-8-3-4-9(20-8)7-11-22(15,16)23(17,18)21(13)14/h3-4,11H,2,5-7H2,1H3,(H,13,14)/p-1. The number of hydrogen-bond donors (Lipinski definition) is 1. The van der Waals surface area contributed by atoms with Crippen LogP contribution in [0, 0.1) is 0 Å². The molecule has 9 nitrogen and oxygen atoms in total. The van der Waals surface area contributed by atoms with Gasteiger partial charge < -0.3 is 9.29 Å². The van der Waals surface area contributed by atoms with Crippen LogP contribution >= 0.6 is 11.3 Å². The first-order chi connectivity index (χ1) is 10.6. The Labute approximate surface area is 139 Å². The zero-order chi connectivity index (χ0) is 17.7. The summed E-state index contributed by atoms with van der Waals surface area (Å²) in [4.78, 5) is 12.5. The monoisotopic (exact) mass is 404 g/mol. The third kappa shape index (κ3) is 5.61. The molecule has 1 aromatic heterocycles. The predicted octanol–water partition coefficient (Wildman–Crippen LogP) is -0.213. The highest BCUT2D eigenvalue weighted by atomic mass is 33.6. The van der Waals surface area contributed by atoms with Crippen LogP contribution in [-0.4, -0.2) is 38.2 Å². The van der Waals surface area contributed by atoms with Gasteiger partial charge in [0.2, 0.25) is 0 Å². The van der Waals surface area contributed by atoms with E-state index < -0.39 is 39.6 Å². The van der Waals surface area contributed by atoms with Crippen molar-refractivity contribution in [2.24, 2.45) is 0 Å². The topological polar surface area (TPSA) is 147 Å². The summed E-state index contributed by atoms with van der Waals surface area (Å²) in [5.74, 6) is -0.426. The van der Waals surface area contributed by atoms with Gasteiger partial charge in [-0.1, -0.05) is 6.92 Å². The molecule has 1 heterocycles. The Morgan fingerprint density at radius 2 is 1.91 bits per heavy atom. The number of carbonyl (C=O) groups excluding carboxylic acids is 1. The molecular weight excluding hydrogens is 390 g/mol. The number of hydrogen-bond acceptors (Lipinski definition) is 9. The lowest BCUT2D eigenvalue weighted by molar-refractivity contribution is -0.142. The van der Waals surface area contributed by atoms with Crippen LogP contribution in [0.25, 0.3) is 0 Å². The quantitative estimate of drug-likeness (QED) is 0.338. The average molecular weight is 404 g/mol. The van der Waals surface area contributed by atoms with Crippen molar-refractivity contribution in [3.05, 3.63) is 21.9 Å². The zero-order valence-electron chi connectivity index (χ0n) is 11.9. The molecule has 0 spiro atoms. The van der Waals surface area contributed by atoms with Gasteiger partial charge in [-0.15, -0.1) is 11.3 Å². The van der Waals surface area contributed by atoms with E-state index in [4.69, 9.17) is 4.74 Å². The van der Waals surface area contributed by atoms with Crippen molar-refractivity contribution in [2.45, 2.75) is 26.3 Å². The van der Waals surface area contributed by atoms with Crippen molar-refractivity contribution in [3.63, 3.8) is 0 Å². The summed E-state index contributed by atoms with van der Waals surface area (Å²) in [5, 5.41) is 0. The molecule has 13 heteroatoms. The second kappa shape index (κ2) is 8.30. The highest BCUT2D eigenvalue weighted by Crippen LogP contribution is 2.18. The lowest BCUT2D eigenvalue weighted by atomic mass is 10.3. The fraction of sp³-hybridized carbons (Fsp3) is 0.500. The van der Waals surface area contributed by atoms with E-state index in [1.165, 1.54) is 6.07 Å². The van der Waals surface area contributed by atoms with Gasteiger partial charge in [0.05, 0.1) is 23.1 Å². The van der Waals surface area contributed by atoms with Crippen LogP contribution in [0.3, 0.4) is 0 Å². The molecule has 0 fully saturated rings. The van der Waals surface area contributed by atoms with E-state index in [9.17, 15) is 30.4 Å². The molecule has 1 aromatic rings. The minimum Gasteiger partial charge on any atom is -0.759 e. The molecule has 1 atom stereocenters. The minimum absolute atomic E-state index is 0.0142. The average Bonchev–Trinajstić information content (AvgIpc) is 2.90. The Hall–Kier alpha value is -0.860. The van der Waals surface area contributed by atoms with Crippen LogP contribution in [0.2, 0.25) is 0 Å². The number of ether oxygens (including phenoxy) is 1. The van der Waals surface area contributed by atoms with Gasteiger partial charge in [-0.25, -0.2) is 0 Å². The maximum Gasteiger partial charge on any atom is 0.334 e. The van der Waals surface area contributed by atoms with Gasteiger partial charge in [0.25, 0.3) is 0 Å². The van der Waals surface area contributed by atoms with E-state index in [0.717, 1.165) is 11.3 Å². The van der Waals surface area contributed by atoms with Crippen LogP contribution in [0.1, 0.15) is 23.1 Å². The van der Waals surface area contributed by atoms with Crippen LogP contribution < -0.4 is 4.72 Å². The molecule has 0 radical (unpaired) electrons. The van der Waals surface area contributed by atoms with Crippen molar-refractivity contribution < 1.29 is 35.1 Å². The first kappa shape index (κ1) is 20.2. The Morgan fingerprint density at radius 3 is 2.48 bits per heavy atom. The van der Waals surface area contributed by atoms with Gasteiger partial charge in [0.15, 0.2) is 0 Å². The highest BCUT2D eigenvalue weighted by Gasteiger charge is 2.30. The molecule has 0 aliphatic heterocycles. The predicted molar refractivity (Wildman–Crippen MR) is 82.9 cm³/mol. The zero-order valence-corrected chi connectivity index (χ0v) is 15.1. The lowest BCUT2D eigenvalue weighted by Gasteiger charge is -2.08. The molecule has 0 aliphatic carbocycles. The second-order valence-corrected chi connectivity index (χ2v) is 13.2. The van der Waals surface area contributed by atoms with E-state index in [2.05, 4.69) is 0 Å². The van der Waals surface area contributed by atoms with E-state index in [-0.39, 0.29) is 6.42 Å². The SMILES string of the molecule is CCCOC(=O)Cc1ccc(CNS(=O)(=O)S(=O)(=O)S(=O)[O-])s1. The fourth-order valence-corrected chi connectivity index (χ4v) is 5.78. The molecule has 1 rings (SSSR count). The minimum atomic E-state index is -5.36. The molecule has 0 aromatic carbocycles. The van der Waals surface area contributed by atoms with Crippen molar-refractivity contribution in [1.82, 2.24) is 4.72 Å². The van der Waals surface area contributed by atoms with Gasteiger partial charge in [0, 0.05) is 16.3 Å². The van der Waals surface area contributed by atoms with E-state index in [1.54, 1.807) is 10.8 Å². The van der Waals surface area contributed by atoms with Gasteiger partial charge in [0.1, 0.15) is 0 Å². The largest absolute Gasteiger partial charge is 0.759 e. The number of carbonyl (C=O) groups is 1. The van der Waals surface area contributed by atoms with Crippen molar-refractivity contribution in [3.8, 4) is 0 Å². The molecule has 0 saturated carbocycles. The van der Waals surface area contributed by atoms with Crippen LogP contribution in [0.15, 0.2) is 12.1 Å². The van der Waals surface area contributed by atoms with Gasteiger partial charge >= 0.3 is 22.9 Å². The molecule has 23 heavy (non-hydrogen) atoms. The first-order valence-electron chi connectivity index (χ1n) is 6.17. The maximum atomic E-state index is 11.4.